The van der Waals surface area contributed by atoms with Gasteiger partial charge in [0.15, 0.2) is 0 Å². The molecule has 0 aliphatic carbocycles. The van der Waals surface area contributed by atoms with Crippen molar-refractivity contribution in [3.05, 3.63) is 0 Å². The molecule has 7 heteroatoms. The zero-order valence-corrected chi connectivity index (χ0v) is 6.00. The lowest BCUT2D eigenvalue weighted by atomic mass is 11.4. The third-order valence-electron chi connectivity index (χ3n) is 0. The summed E-state index contributed by atoms with van der Waals surface area (Å²) in [5.74, 6) is 0. The highest BCUT2D eigenvalue weighted by Crippen LogP contribution is 1.40. The molecule has 0 saturated carbocycles. The van der Waals surface area contributed by atoms with E-state index in [1.807, 2.05) is 0 Å². The number of nitrogens with two attached hydrogens (primary N) is 2. The molecule has 0 atom stereocenters. The van der Waals surface area contributed by atoms with Crippen LogP contribution in [0.5, 0.6) is 0 Å². The molecule has 0 spiro atoms. The van der Waals surface area contributed by atoms with Gasteiger partial charge in [-0.3, -0.25) is 0 Å². The molecule has 10 heavy (non-hydrogen) atoms. The Bertz CT molecular complexity index is 77.7. The Morgan fingerprint density at radius 2 is 1.00 bits per heavy atom. The summed E-state index contributed by atoms with van der Waals surface area (Å²) >= 11 is 7.74. The minimum absolute atomic E-state index is 0. The summed E-state index contributed by atoms with van der Waals surface area (Å²) in [4.78, 5) is 0. The fraction of sp³-hybridized carbons (Fsp3) is 0.333. The summed E-state index contributed by atoms with van der Waals surface area (Å²) in [6, 6.07) is 0. The monoisotopic (exact) mass is 188 g/mol. The number of aliphatic hydroxyl groups excluding tert-OH is 2. The number of hydrogen-bond donors (Lipinski definition) is 4. The van der Waals surface area contributed by atoms with Crippen LogP contribution < -0.4 is 11.5 Å². The van der Waals surface area contributed by atoms with Crippen molar-refractivity contribution in [1.82, 2.24) is 0 Å². The SMILES string of the molecule is C.NC(O)=S.NC(O)=S.O. The van der Waals surface area contributed by atoms with E-state index < -0.39 is 10.3 Å². The standard InChI is InChI=1S/2CH3NOS.CH4.H2O/c2*2-1(3)4;;/h2*(H3,2,3,4);1H4;1H2. The van der Waals surface area contributed by atoms with E-state index in [0.29, 0.717) is 0 Å². The van der Waals surface area contributed by atoms with Gasteiger partial charge in [-0.1, -0.05) is 7.43 Å². The second-order valence-electron chi connectivity index (χ2n) is 0.676. The first-order valence-electron chi connectivity index (χ1n) is 1.43. The number of hydrogen-bond acceptors (Lipinski definition) is 2. The maximum Gasteiger partial charge on any atom is 0.251 e. The minimum atomic E-state index is -0.500. The molecule has 0 radical (unpaired) electrons. The van der Waals surface area contributed by atoms with Crippen molar-refractivity contribution < 1.29 is 15.7 Å². The van der Waals surface area contributed by atoms with Crippen LogP contribution in [0.15, 0.2) is 0 Å². The van der Waals surface area contributed by atoms with E-state index >= 15 is 0 Å². The predicted molar refractivity (Wildman–Crippen MR) is 49.2 cm³/mol. The number of rotatable bonds is 0. The fourth-order valence-electron chi connectivity index (χ4n) is 0. The van der Waals surface area contributed by atoms with Crippen molar-refractivity contribution in [2.75, 3.05) is 0 Å². The van der Waals surface area contributed by atoms with Crippen LogP contribution in [0, 0.1) is 0 Å². The third-order valence-corrected chi connectivity index (χ3v) is 0. The molecular formula is C3H12N2O3S2. The van der Waals surface area contributed by atoms with Crippen molar-refractivity contribution in [2.24, 2.45) is 11.5 Å². The van der Waals surface area contributed by atoms with Gasteiger partial charge < -0.3 is 27.2 Å². The van der Waals surface area contributed by atoms with Crippen LogP contribution >= 0.6 is 24.4 Å². The van der Waals surface area contributed by atoms with Gasteiger partial charge in [0, 0.05) is 0 Å². The van der Waals surface area contributed by atoms with Crippen molar-refractivity contribution in [3.8, 4) is 0 Å². The van der Waals surface area contributed by atoms with E-state index in [9.17, 15) is 0 Å². The smallest absolute Gasteiger partial charge is 0.251 e. The Labute approximate surface area is 69.9 Å². The second-order valence-corrected chi connectivity index (χ2v) is 1.51. The Hall–Kier alpha value is -0.660. The molecule has 0 heterocycles. The van der Waals surface area contributed by atoms with Gasteiger partial charge >= 0.3 is 0 Å². The summed E-state index contributed by atoms with van der Waals surface area (Å²) in [6.07, 6.45) is 0. The number of aliphatic hydroxyl groups is 2. The van der Waals surface area contributed by atoms with E-state index in [1.165, 1.54) is 0 Å². The fourth-order valence-corrected chi connectivity index (χ4v) is 0. The molecule has 0 amide bonds. The highest BCUT2D eigenvalue weighted by Gasteiger charge is 1.57. The van der Waals surface area contributed by atoms with Gasteiger partial charge in [-0.25, -0.2) is 0 Å². The topological polar surface area (TPSA) is 124 Å². The highest BCUT2D eigenvalue weighted by molar-refractivity contribution is 7.80. The Kier molecular flexibility index (Phi) is 35.9. The van der Waals surface area contributed by atoms with Crippen molar-refractivity contribution in [1.29, 1.82) is 0 Å². The van der Waals surface area contributed by atoms with Crippen molar-refractivity contribution in [2.45, 2.75) is 7.43 Å². The predicted octanol–water partition coefficient (Wildman–Crippen LogP) is -0.613. The first-order valence-corrected chi connectivity index (χ1v) is 2.25. The maximum absolute atomic E-state index is 7.56. The van der Waals surface area contributed by atoms with Crippen LogP contribution in [-0.2, 0) is 0 Å². The van der Waals surface area contributed by atoms with Crippen molar-refractivity contribution in [3.63, 3.8) is 0 Å². The molecule has 0 rings (SSSR count). The lowest BCUT2D eigenvalue weighted by molar-refractivity contribution is 0.559. The molecular weight excluding hydrogens is 176 g/mol. The molecule has 0 aliphatic rings. The van der Waals surface area contributed by atoms with E-state index in [2.05, 4.69) is 35.9 Å². The summed E-state index contributed by atoms with van der Waals surface area (Å²) < 4.78 is 0. The third kappa shape index (κ3) is 677. The molecule has 0 aliphatic heterocycles. The lowest BCUT2D eigenvalue weighted by Crippen LogP contribution is -2.03. The van der Waals surface area contributed by atoms with Gasteiger partial charge in [0.05, 0.1) is 0 Å². The quantitative estimate of drug-likeness (QED) is 0.376. The first-order chi connectivity index (χ1) is 3.46. The molecule has 0 bridgehead atoms. The zero-order chi connectivity index (χ0) is 7.15. The van der Waals surface area contributed by atoms with E-state index in [-0.39, 0.29) is 12.9 Å². The average molecular weight is 188 g/mol. The molecule has 0 aromatic rings. The van der Waals surface area contributed by atoms with Gasteiger partial charge in [-0.05, 0) is 24.4 Å². The highest BCUT2D eigenvalue weighted by atomic mass is 32.1. The minimum Gasteiger partial charge on any atom is -0.487 e. The average Bonchev–Trinajstić information content (AvgIpc) is 1.25. The van der Waals surface area contributed by atoms with Gasteiger partial charge in [-0.2, -0.15) is 0 Å². The summed E-state index contributed by atoms with van der Waals surface area (Å²) in [7, 11) is 0. The van der Waals surface area contributed by atoms with Gasteiger partial charge in [0.1, 0.15) is 0 Å². The molecule has 0 aromatic heterocycles. The molecule has 8 N–H and O–H groups in total. The second kappa shape index (κ2) is 15.8. The van der Waals surface area contributed by atoms with E-state index in [1.54, 1.807) is 0 Å². The molecule has 0 unspecified atom stereocenters. The first kappa shape index (κ1) is 22.8. The van der Waals surface area contributed by atoms with Gasteiger partial charge in [0.2, 0.25) is 0 Å². The molecule has 0 fully saturated rings. The normalized spacial score (nSPS) is 4.80. The van der Waals surface area contributed by atoms with Crippen LogP contribution in [0.25, 0.3) is 0 Å². The largest absolute Gasteiger partial charge is 0.487 e. The molecule has 0 aromatic carbocycles. The molecule has 5 nitrogen and oxygen atoms in total. The zero-order valence-electron chi connectivity index (χ0n) is 4.37. The van der Waals surface area contributed by atoms with Gasteiger partial charge in [-0.15, -0.1) is 0 Å². The van der Waals surface area contributed by atoms with Crippen LogP contribution in [0.2, 0.25) is 0 Å². The molecule has 0 saturated heterocycles. The Morgan fingerprint density at radius 3 is 1.00 bits per heavy atom. The summed E-state index contributed by atoms with van der Waals surface area (Å²) in [6.45, 7) is 0. The maximum atomic E-state index is 7.56. The number of thiocarbonyl (C=S) groups is 2. The Balaban J connectivity index is -0.0000000300. The molecule has 64 valence electrons. The summed E-state index contributed by atoms with van der Waals surface area (Å²) in [5.41, 5.74) is 8.80. The lowest BCUT2D eigenvalue weighted by Gasteiger charge is -1.67. The summed E-state index contributed by atoms with van der Waals surface area (Å²) in [5, 5.41) is 14.1. The van der Waals surface area contributed by atoms with E-state index in [4.69, 9.17) is 10.2 Å². The van der Waals surface area contributed by atoms with Crippen LogP contribution in [0.1, 0.15) is 7.43 Å². The van der Waals surface area contributed by atoms with Crippen LogP contribution in [0.4, 0.5) is 0 Å². The van der Waals surface area contributed by atoms with Crippen LogP contribution in [0.3, 0.4) is 0 Å². The Morgan fingerprint density at radius 1 is 1.00 bits per heavy atom. The van der Waals surface area contributed by atoms with Crippen LogP contribution in [-0.4, -0.2) is 26.0 Å². The van der Waals surface area contributed by atoms with E-state index in [0.717, 1.165) is 0 Å². The van der Waals surface area contributed by atoms with Gasteiger partial charge in [0.25, 0.3) is 10.3 Å². The van der Waals surface area contributed by atoms with Crippen molar-refractivity contribution >= 4 is 34.8 Å².